The molecule has 3 rings (SSSR count). The van der Waals surface area contributed by atoms with Crippen LogP contribution in [0.2, 0.25) is 0 Å². The second kappa shape index (κ2) is 7.01. The summed E-state index contributed by atoms with van der Waals surface area (Å²) in [7, 11) is -3.17. The Bertz CT molecular complexity index is 630. The van der Waals surface area contributed by atoms with Crippen molar-refractivity contribution in [3.63, 3.8) is 0 Å². The summed E-state index contributed by atoms with van der Waals surface area (Å²) in [6.07, 6.45) is 2.44. The van der Waals surface area contributed by atoms with Crippen LogP contribution in [0.5, 0.6) is 0 Å². The van der Waals surface area contributed by atoms with Crippen LogP contribution in [-0.4, -0.2) is 50.3 Å². The largest absolute Gasteiger partial charge is 0.368 e. The van der Waals surface area contributed by atoms with E-state index in [1.165, 1.54) is 0 Å². The smallest absolute Gasteiger partial charge is 0.251 e. The van der Waals surface area contributed by atoms with Gasteiger partial charge in [0.1, 0.15) is 6.10 Å². The number of hydrogen-bond acceptors (Lipinski definition) is 4. The number of carbonyl (C=O) groups excluding carboxylic acids is 1. The van der Waals surface area contributed by atoms with Gasteiger partial charge in [0.25, 0.3) is 5.91 Å². The van der Waals surface area contributed by atoms with Gasteiger partial charge in [-0.3, -0.25) is 4.79 Å². The Hall–Kier alpha value is -1.40. The fourth-order valence-corrected chi connectivity index (χ4v) is 5.16. The van der Waals surface area contributed by atoms with Gasteiger partial charge in [-0.25, -0.2) is 8.42 Å². The molecule has 0 spiro atoms. The molecular formula is C17H23NO4S. The maximum atomic E-state index is 12.6. The number of rotatable bonds is 4. The maximum Gasteiger partial charge on any atom is 0.251 e. The van der Waals surface area contributed by atoms with Crippen molar-refractivity contribution in [2.45, 2.75) is 42.8 Å². The van der Waals surface area contributed by atoms with Crippen molar-refractivity contribution >= 4 is 15.7 Å². The van der Waals surface area contributed by atoms with Crippen LogP contribution in [0.1, 0.15) is 31.2 Å². The number of hydrogen-bond donors (Lipinski definition) is 0. The van der Waals surface area contributed by atoms with Crippen LogP contribution in [0, 0.1) is 0 Å². The van der Waals surface area contributed by atoms with E-state index in [1.54, 1.807) is 4.90 Å². The first-order chi connectivity index (χ1) is 11.1. The molecule has 2 aliphatic rings. The zero-order valence-electron chi connectivity index (χ0n) is 13.2. The van der Waals surface area contributed by atoms with E-state index in [2.05, 4.69) is 0 Å². The van der Waals surface area contributed by atoms with Crippen molar-refractivity contribution < 1.29 is 17.9 Å². The van der Waals surface area contributed by atoms with E-state index in [0.717, 1.165) is 18.4 Å². The number of amides is 1. The van der Waals surface area contributed by atoms with Gasteiger partial charge in [0.2, 0.25) is 0 Å². The number of likely N-dealkylation sites (tertiary alicyclic amines) is 1. The van der Waals surface area contributed by atoms with E-state index >= 15 is 0 Å². The summed E-state index contributed by atoms with van der Waals surface area (Å²) < 4.78 is 30.6. The lowest BCUT2D eigenvalue weighted by Gasteiger charge is -2.33. The van der Waals surface area contributed by atoms with Crippen molar-refractivity contribution in [3.05, 3.63) is 35.9 Å². The molecule has 0 aromatic heterocycles. The van der Waals surface area contributed by atoms with Crippen molar-refractivity contribution in [1.29, 1.82) is 0 Å². The maximum absolute atomic E-state index is 12.6. The SMILES string of the molecule is O=C([C@@H]1CCCO1)N1CCC(S(=O)(=O)Cc2ccccc2)CC1. The zero-order chi connectivity index (χ0) is 16.3. The number of benzene rings is 1. The number of carbonyl (C=O) groups is 1. The molecule has 23 heavy (non-hydrogen) atoms. The van der Waals surface area contributed by atoms with E-state index < -0.39 is 9.84 Å². The average molecular weight is 337 g/mol. The van der Waals surface area contributed by atoms with Crippen molar-refractivity contribution in [2.75, 3.05) is 19.7 Å². The summed E-state index contributed by atoms with van der Waals surface area (Å²) in [4.78, 5) is 14.1. The molecule has 0 saturated carbocycles. The highest BCUT2D eigenvalue weighted by molar-refractivity contribution is 7.91. The molecule has 2 aliphatic heterocycles. The first-order valence-corrected chi connectivity index (χ1v) is 9.94. The van der Waals surface area contributed by atoms with Crippen LogP contribution < -0.4 is 0 Å². The monoisotopic (exact) mass is 337 g/mol. The van der Waals surface area contributed by atoms with Gasteiger partial charge in [0.05, 0.1) is 11.0 Å². The summed E-state index contributed by atoms with van der Waals surface area (Å²) in [6.45, 7) is 1.67. The summed E-state index contributed by atoms with van der Waals surface area (Å²) in [5, 5.41) is -0.351. The average Bonchev–Trinajstić information content (AvgIpc) is 3.09. The third kappa shape index (κ3) is 3.93. The van der Waals surface area contributed by atoms with Gasteiger partial charge >= 0.3 is 0 Å². The minimum atomic E-state index is -3.17. The van der Waals surface area contributed by atoms with Gasteiger partial charge in [-0.15, -0.1) is 0 Å². The van der Waals surface area contributed by atoms with E-state index in [9.17, 15) is 13.2 Å². The number of nitrogens with zero attached hydrogens (tertiary/aromatic N) is 1. The molecule has 5 nitrogen and oxygen atoms in total. The molecule has 1 aromatic rings. The van der Waals surface area contributed by atoms with E-state index in [0.29, 0.717) is 32.5 Å². The zero-order valence-corrected chi connectivity index (χ0v) is 14.0. The topological polar surface area (TPSA) is 63.7 Å². The highest BCUT2D eigenvalue weighted by atomic mass is 32.2. The van der Waals surface area contributed by atoms with Crippen LogP contribution in [0.4, 0.5) is 0 Å². The minimum absolute atomic E-state index is 0.0291. The third-order valence-electron chi connectivity index (χ3n) is 4.68. The highest BCUT2D eigenvalue weighted by Crippen LogP contribution is 2.23. The Labute approximate surface area is 137 Å². The fourth-order valence-electron chi connectivity index (χ4n) is 3.34. The Morgan fingerprint density at radius 3 is 2.43 bits per heavy atom. The van der Waals surface area contributed by atoms with Gasteiger partial charge < -0.3 is 9.64 Å². The van der Waals surface area contributed by atoms with Gasteiger partial charge in [-0.1, -0.05) is 30.3 Å². The highest BCUT2D eigenvalue weighted by Gasteiger charge is 2.34. The van der Waals surface area contributed by atoms with E-state index in [4.69, 9.17) is 4.74 Å². The number of piperidine rings is 1. The molecule has 2 fully saturated rings. The van der Waals surface area contributed by atoms with Gasteiger partial charge in [0, 0.05) is 19.7 Å². The molecular weight excluding hydrogens is 314 g/mol. The lowest BCUT2D eigenvalue weighted by atomic mass is 10.1. The molecule has 0 N–H and O–H groups in total. The minimum Gasteiger partial charge on any atom is -0.368 e. The summed E-state index contributed by atoms with van der Waals surface area (Å²) >= 11 is 0. The molecule has 0 unspecified atom stereocenters. The fraction of sp³-hybridized carbons (Fsp3) is 0.588. The molecule has 0 bridgehead atoms. The predicted octanol–water partition coefficient (Wildman–Crippen LogP) is 1.77. The molecule has 0 aliphatic carbocycles. The predicted molar refractivity (Wildman–Crippen MR) is 87.6 cm³/mol. The Morgan fingerprint density at radius 1 is 1.13 bits per heavy atom. The van der Waals surface area contributed by atoms with E-state index in [1.807, 2.05) is 30.3 Å². The summed E-state index contributed by atoms with van der Waals surface area (Å²) in [5.41, 5.74) is 0.824. The first-order valence-electron chi connectivity index (χ1n) is 8.22. The number of sulfone groups is 1. The Kier molecular flexibility index (Phi) is 5.02. The lowest BCUT2D eigenvalue weighted by Crippen LogP contribution is -2.46. The number of ether oxygens (including phenoxy) is 1. The second-order valence-electron chi connectivity index (χ2n) is 6.32. The van der Waals surface area contributed by atoms with Crippen LogP contribution in [0.3, 0.4) is 0 Å². The molecule has 2 heterocycles. The summed E-state index contributed by atoms with van der Waals surface area (Å²) in [5.74, 6) is 0.111. The van der Waals surface area contributed by atoms with Crippen LogP contribution in [0.25, 0.3) is 0 Å². The lowest BCUT2D eigenvalue weighted by molar-refractivity contribution is -0.141. The third-order valence-corrected chi connectivity index (χ3v) is 6.90. The van der Waals surface area contributed by atoms with Gasteiger partial charge in [-0.2, -0.15) is 0 Å². The molecule has 1 amide bonds. The first kappa shape index (κ1) is 16.5. The van der Waals surface area contributed by atoms with Gasteiger partial charge in [0.15, 0.2) is 9.84 Å². The molecule has 0 radical (unpaired) electrons. The van der Waals surface area contributed by atoms with Crippen LogP contribution in [0.15, 0.2) is 30.3 Å². The molecule has 1 atom stereocenters. The molecule has 1 aromatic carbocycles. The van der Waals surface area contributed by atoms with Gasteiger partial charge in [-0.05, 0) is 31.2 Å². The molecule has 126 valence electrons. The Morgan fingerprint density at radius 2 is 1.83 bits per heavy atom. The Balaban J connectivity index is 1.56. The van der Waals surface area contributed by atoms with Crippen LogP contribution >= 0.6 is 0 Å². The normalized spacial score (nSPS) is 23.1. The van der Waals surface area contributed by atoms with Crippen molar-refractivity contribution in [1.82, 2.24) is 4.90 Å². The summed E-state index contributed by atoms with van der Waals surface area (Å²) in [6, 6.07) is 9.27. The molecule has 2 saturated heterocycles. The second-order valence-corrected chi connectivity index (χ2v) is 8.60. The van der Waals surface area contributed by atoms with Crippen molar-refractivity contribution in [2.24, 2.45) is 0 Å². The van der Waals surface area contributed by atoms with Crippen LogP contribution in [-0.2, 0) is 25.1 Å². The quantitative estimate of drug-likeness (QED) is 0.840. The molecule has 6 heteroatoms. The van der Waals surface area contributed by atoms with Crippen molar-refractivity contribution in [3.8, 4) is 0 Å². The standard InChI is InChI=1S/C17H23NO4S/c19-17(16-7-4-12-22-16)18-10-8-15(9-11-18)23(20,21)13-14-5-2-1-3-6-14/h1-3,5-6,15-16H,4,7-13H2/t16-/m0/s1. The van der Waals surface area contributed by atoms with E-state index in [-0.39, 0.29) is 23.0 Å².